The number of ether oxygens (including phenoxy) is 1. The van der Waals surface area contributed by atoms with E-state index in [-0.39, 0.29) is 5.92 Å². The van der Waals surface area contributed by atoms with E-state index in [0.29, 0.717) is 11.9 Å². The largest absolute Gasteiger partial charge is 0.379 e. The number of carbonyl (C=O) groups is 1. The molecule has 134 valence electrons. The van der Waals surface area contributed by atoms with Crippen LogP contribution in [-0.2, 0) is 9.53 Å². The van der Waals surface area contributed by atoms with Crippen molar-refractivity contribution in [3.63, 3.8) is 0 Å². The van der Waals surface area contributed by atoms with Gasteiger partial charge in [0.15, 0.2) is 0 Å². The number of carbonyl (C=O) groups excluding carboxylic acids is 1. The van der Waals surface area contributed by atoms with Crippen molar-refractivity contribution in [1.29, 1.82) is 0 Å². The third-order valence-corrected chi connectivity index (χ3v) is 6.12. The van der Waals surface area contributed by atoms with Gasteiger partial charge in [0.1, 0.15) is 0 Å². The fraction of sp³-hybridized carbons (Fsp3) is 0.944. The number of nitrogens with zero attached hydrogens (tertiary/aromatic N) is 2. The van der Waals surface area contributed by atoms with Gasteiger partial charge >= 0.3 is 0 Å². The van der Waals surface area contributed by atoms with Crippen LogP contribution in [0.15, 0.2) is 0 Å². The zero-order valence-electron chi connectivity index (χ0n) is 15.0. The van der Waals surface area contributed by atoms with Gasteiger partial charge in [0, 0.05) is 37.8 Å². The van der Waals surface area contributed by atoms with E-state index in [4.69, 9.17) is 4.74 Å². The van der Waals surface area contributed by atoms with Gasteiger partial charge < -0.3 is 9.64 Å². The van der Waals surface area contributed by atoms with Crippen LogP contribution >= 0.6 is 11.8 Å². The molecule has 2 heterocycles. The summed E-state index contributed by atoms with van der Waals surface area (Å²) in [4.78, 5) is 17.9. The van der Waals surface area contributed by atoms with E-state index < -0.39 is 0 Å². The molecule has 2 aliphatic rings. The average molecular weight is 343 g/mol. The first-order valence-corrected chi connectivity index (χ1v) is 10.6. The zero-order chi connectivity index (χ0) is 16.5. The van der Waals surface area contributed by atoms with Crippen LogP contribution in [0.3, 0.4) is 0 Å². The van der Waals surface area contributed by atoms with Crippen LogP contribution in [0.1, 0.15) is 46.0 Å². The van der Waals surface area contributed by atoms with Gasteiger partial charge in [-0.15, -0.1) is 0 Å². The smallest absolute Gasteiger partial charge is 0.226 e. The van der Waals surface area contributed by atoms with Crippen molar-refractivity contribution in [2.75, 3.05) is 50.9 Å². The Labute approximate surface area is 146 Å². The van der Waals surface area contributed by atoms with Gasteiger partial charge in [-0.3, -0.25) is 9.69 Å². The Bertz CT molecular complexity index is 342. The molecular formula is C18H34N2O2S. The van der Waals surface area contributed by atoms with E-state index in [1.807, 2.05) is 11.8 Å². The molecule has 2 fully saturated rings. The molecule has 0 saturated carbocycles. The van der Waals surface area contributed by atoms with E-state index in [0.717, 1.165) is 77.2 Å². The van der Waals surface area contributed by atoms with E-state index in [9.17, 15) is 4.79 Å². The van der Waals surface area contributed by atoms with E-state index in [1.54, 1.807) is 0 Å². The Morgan fingerprint density at radius 2 is 1.87 bits per heavy atom. The average Bonchev–Trinajstić information content (AvgIpc) is 2.80. The van der Waals surface area contributed by atoms with Crippen molar-refractivity contribution in [1.82, 2.24) is 9.80 Å². The predicted octanol–water partition coefficient (Wildman–Crippen LogP) is 2.87. The van der Waals surface area contributed by atoms with Gasteiger partial charge in [-0.1, -0.05) is 26.7 Å². The van der Waals surface area contributed by atoms with Crippen molar-refractivity contribution in [2.45, 2.75) is 52.0 Å². The highest BCUT2D eigenvalue weighted by Crippen LogP contribution is 2.23. The summed E-state index contributed by atoms with van der Waals surface area (Å²) < 4.78 is 5.46. The standard InChI is InChI=1S/C18H34N2O2S/c1-3-6-16(7-4-2)18(21)20-8-5-13-23-15-17(20)14-19-9-11-22-12-10-19/h16-17H,3-15H2,1-2H3. The van der Waals surface area contributed by atoms with E-state index in [2.05, 4.69) is 23.6 Å². The third kappa shape index (κ3) is 5.95. The summed E-state index contributed by atoms with van der Waals surface area (Å²) in [6.07, 6.45) is 5.43. The maximum Gasteiger partial charge on any atom is 0.226 e. The molecule has 2 rings (SSSR count). The van der Waals surface area contributed by atoms with Gasteiger partial charge in [0.2, 0.25) is 5.91 Å². The summed E-state index contributed by atoms with van der Waals surface area (Å²) in [7, 11) is 0. The highest BCUT2D eigenvalue weighted by Gasteiger charge is 2.31. The van der Waals surface area contributed by atoms with Crippen LogP contribution in [0.4, 0.5) is 0 Å². The molecule has 0 aromatic rings. The summed E-state index contributed by atoms with van der Waals surface area (Å²) in [5.41, 5.74) is 0. The number of amides is 1. The Kier molecular flexibility index (Phi) is 8.77. The number of hydrogen-bond acceptors (Lipinski definition) is 4. The monoisotopic (exact) mass is 342 g/mol. The zero-order valence-corrected chi connectivity index (χ0v) is 15.8. The molecule has 0 bridgehead atoms. The minimum Gasteiger partial charge on any atom is -0.379 e. The Hall–Kier alpha value is -0.260. The Morgan fingerprint density at radius 1 is 1.17 bits per heavy atom. The molecule has 4 nitrogen and oxygen atoms in total. The molecule has 2 saturated heterocycles. The first-order valence-electron chi connectivity index (χ1n) is 9.44. The van der Waals surface area contributed by atoms with Crippen molar-refractivity contribution < 1.29 is 9.53 Å². The second kappa shape index (κ2) is 10.6. The number of rotatable bonds is 7. The van der Waals surface area contributed by atoms with E-state index >= 15 is 0 Å². The van der Waals surface area contributed by atoms with Gasteiger partial charge in [-0.25, -0.2) is 0 Å². The SMILES string of the molecule is CCCC(CCC)C(=O)N1CCCSCC1CN1CCOCC1. The van der Waals surface area contributed by atoms with Crippen LogP contribution in [0.25, 0.3) is 0 Å². The first-order chi connectivity index (χ1) is 11.3. The molecule has 1 atom stereocenters. The second-order valence-corrected chi connectivity index (χ2v) is 7.95. The highest BCUT2D eigenvalue weighted by molar-refractivity contribution is 7.99. The van der Waals surface area contributed by atoms with Gasteiger partial charge in [0.25, 0.3) is 0 Å². The molecule has 23 heavy (non-hydrogen) atoms. The summed E-state index contributed by atoms with van der Waals surface area (Å²) in [5, 5.41) is 0. The van der Waals surface area contributed by atoms with E-state index in [1.165, 1.54) is 5.75 Å². The lowest BCUT2D eigenvalue weighted by molar-refractivity contribution is -0.138. The summed E-state index contributed by atoms with van der Waals surface area (Å²) >= 11 is 2.02. The molecule has 0 spiro atoms. The second-order valence-electron chi connectivity index (χ2n) is 6.80. The maximum atomic E-state index is 13.2. The lowest BCUT2D eigenvalue weighted by Crippen LogP contribution is -2.51. The molecule has 0 aromatic carbocycles. The molecule has 5 heteroatoms. The molecule has 0 radical (unpaired) electrons. The minimum absolute atomic E-state index is 0.236. The van der Waals surface area contributed by atoms with Crippen molar-refractivity contribution >= 4 is 17.7 Å². The summed E-state index contributed by atoms with van der Waals surface area (Å²) in [6.45, 7) is 10.0. The minimum atomic E-state index is 0.236. The number of hydrogen-bond donors (Lipinski definition) is 0. The predicted molar refractivity (Wildman–Crippen MR) is 98.0 cm³/mol. The molecular weight excluding hydrogens is 308 g/mol. The number of thioether (sulfide) groups is 1. The molecule has 2 aliphatic heterocycles. The lowest BCUT2D eigenvalue weighted by Gasteiger charge is -2.37. The Morgan fingerprint density at radius 3 is 2.52 bits per heavy atom. The Balaban J connectivity index is 2.01. The first kappa shape index (κ1) is 19.1. The summed E-state index contributed by atoms with van der Waals surface area (Å²) in [6, 6.07) is 0.379. The van der Waals surface area contributed by atoms with Crippen molar-refractivity contribution in [3.8, 4) is 0 Å². The van der Waals surface area contributed by atoms with Crippen LogP contribution in [-0.4, -0.2) is 72.6 Å². The maximum absolute atomic E-state index is 13.2. The van der Waals surface area contributed by atoms with Gasteiger partial charge in [-0.05, 0) is 25.0 Å². The van der Waals surface area contributed by atoms with Crippen LogP contribution < -0.4 is 0 Å². The molecule has 0 aliphatic carbocycles. The topological polar surface area (TPSA) is 32.8 Å². The molecule has 0 aromatic heterocycles. The third-order valence-electron chi connectivity index (χ3n) is 4.92. The van der Waals surface area contributed by atoms with Crippen LogP contribution in [0.5, 0.6) is 0 Å². The highest BCUT2D eigenvalue weighted by atomic mass is 32.2. The van der Waals surface area contributed by atoms with Gasteiger partial charge in [-0.2, -0.15) is 11.8 Å². The van der Waals surface area contributed by atoms with Crippen LogP contribution in [0.2, 0.25) is 0 Å². The number of morpholine rings is 1. The fourth-order valence-electron chi connectivity index (χ4n) is 3.67. The van der Waals surface area contributed by atoms with Crippen LogP contribution in [0, 0.1) is 5.92 Å². The molecule has 1 unspecified atom stereocenters. The fourth-order valence-corrected chi connectivity index (χ4v) is 4.73. The lowest BCUT2D eigenvalue weighted by atomic mass is 9.96. The summed E-state index contributed by atoms with van der Waals surface area (Å²) in [5.74, 6) is 2.94. The molecule has 1 amide bonds. The quantitative estimate of drug-likeness (QED) is 0.712. The molecule has 0 N–H and O–H groups in total. The van der Waals surface area contributed by atoms with Crippen molar-refractivity contribution in [2.24, 2.45) is 5.92 Å². The van der Waals surface area contributed by atoms with Gasteiger partial charge in [0.05, 0.1) is 19.3 Å². The normalized spacial score (nSPS) is 24.0. The van der Waals surface area contributed by atoms with Crippen molar-refractivity contribution in [3.05, 3.63) is 0 Å².